The zero-order valence-corrected chi connectivity index (χ0v) is 14.2. The lowest BCUT2D eigenvalue weighted by Gasteiger charge is -2.30. The molecule has 1 aliphatic rings. The maximum atomic E-state index is 4.34. The van der Waals surface area contributed by atoms with Gasteiger partial charge in [0.1, 0.15) is 0 Å². The van der Waals surface area contributed by atoms with E-state index in [4.69, 9.17) is 0 Å². The molecule has 2 unspecified atom stereocenters. The van der Waals surface area contributed by atoms with Gasteiger partial charge in [0.25, 0.3) is 0 Å². The number of hydrogen-bond donors (Lipinski definition) is 2. The molecule has 1 aromatic carbocycles. The summed E-state index contributed by atoms with van der Waals surface area (Å²) < 4.78 is 0. The molecule has 1 heterocycles. The number of nitrogens with one attached hydrogen (secondary N) is 2. The average molecular weight is 302 g/mol. The second-order valence-corrected chi connectivity index (χ2v) is 6.42. The van der Waals surface area contributed by atoms with E-state index in [-0.39, 0.29) is 0 Å². The molecule has 4 nitrogen and oxygen atoms in total. The molecule has 1 aromatic rings. The minimum Gasteiger partial charge on any atom is -0.356 e. The van der Waals surface area contributed by atoms with Crippen molar-refractivity contribution in [3.05, 3.63) is 35.9 Å². The first-order valence-corrected chi connectivity index (χ1v) is 8.37. The predicted octanol–water partition coefficient (Wildman–Crippen LogP) is 2.30. The largest absolute Gasteiger partial charge is 0.356 e. The number of likely N-dealkylation sites (tertiary alicyclic amines) is 1. The maximum absolute atomic E-state index is 4.34. The van der Waals surface area contributed by atoms with E-state index >= 15 is 0 Å². The fourth-order valence-electron chi connectivity index (χ4n) is 3.05. The van der Waals surface area contributed by atoms with Crippen molar-refractivity contribution in [1.82, 2.24) is 15.5 Å². The first-order chi connectivity index (χ1) is 10.7. The molecule has 2 rings (SSSR count). The van der Waals surface area contributed by atoms with Gasteiger partial charge in [-0.15, -0.1) is 0 Å². The Balaban J connectivity index is 1.73. The van der Waals surface area contributed by atoms with Crippen molar-refractivity contribution in [2.24, 2.45) is 10.9 Å². The van der Waals surface area contributed by atoms with E-state index in [2.05, 4.69) is 64.8 Å². The number of benzene rings is 1. The molecule has 0 spiro atoms. The standard InChI is InChI=1S/C18H30N4/c1-15(17-9-5-4-6-10-17)12-20-18(19-2)21-13-16-8-7-11-22(3)14-16/h4-6,9-10,15-16H,7-8,11-14H2,1-3H3,(H2,19,20,21). The molecule has 0 bridgehead atoms. The lowest BCUT2D eigenvalue weighted by molar-refractivity contribution is 0.210. The van der Waals surface area contributed by atoms with Crippen LogP contribution in [-0.4, -0.2) is 51.1 Å². The highest BCUT2D eigenvalue weighted by Crippen LogP contribution is 2.14. The van der Waals surface area contributed by atoms with Gasteiger partial charge in [0, 0.05) is 26.7 Å². The summed E-state index contributed by atoms with van der Waals surface area (Å²) in [7, 11) is 4.05. The van der Waals surface area contributed by atoms with Gasteiger partial charge < -0.3 is 15.5 Å². The summed E-state index contributed by atoms with van der Waals surface area (Å²) in [4.78, 5) is 6.76. The van der Waals surface area contributed by atoms with Crippen LogP contribution in [0.15, 0.2) is 35.3 Å². The van der Waals surface area contributed by atoms with E-state index in [0.29, 0.717) is 5.92 Å². The van der Waals surface area contributed by atoms with Crippen molar-refractivity contribution in [3.8, 4) is 0 Å². The molecular weight excluding hydrogens is 272 g/mol. The Hall–Kier alpha value is -1.55. The van der Waals surface area contributed by atoms with Gasteiger partial charge >= 0.3 is 0 Å². The number of rotatable bonds is 5. The monoisotopic (exact) mass is 302 g/mol. The Morgan fingerprint density at radius 3 is 2.77 bits per heavy atom. The molecule has 22 heavy (non-hydrogen) atoms. The Kier molecular flexibility index (Phi) is 6.72. The van der Waals surface area contributed by atoms with Crippen LogP contribution in [-0.2, 0) is 0 Å². The second-order valence-electron chi connectivity index (χ2n) is 6.42. The molecule has 0 radical (unpaired) electrons. The SMILES string of the molecule is CN=C(NCC1CCCN(C)C1)NCC(C)c1ccccc1. The number of nitrogens with zero attached hydrogens (tertiary/aromatic N) is 2. The molecule has 0 aliphatic carbocycles. The van der Waals surface area contributed by atoms with E-state index in [1.54, 1.807) is 0 Å². The summed E-state index contributed by atoms with van der Waals surface area (Å²) in [5.41, 5.74) is 1.36. The lowest BCUT2D eigenvalue weighted by Crippen LogP contribution is -2.44. The molecule has 2 N–H and O–H groups in total. The first-order valence-electron chi connectivity index (χ1n) is 8.37. The van der Waals surface area contributed by atoms with Gasteiger partial charge in [0.15, 0.2) is 5.96 Å². The van der Waals surface area contributed by atoms with Gasteiger partial charge in [0.05, 0.1) is 0 Å². The average Bonchev–Trinajstić information content (AvgIpc) is 2.55. The third-order valence-electron chi connectivity index (χ3n) is 4.45. The van der Waals surface area contributed by atoms with Gasteiger partial charge in [-0.2, -0.15) is 0 Å². The second kappa shape index (κ2) is 8.79. The van der Waals surface area contributed by atoms with Crippen LogP contribution in [0.1, 0.15) is 31.2 Å². The quantitative estimate of drug-likeness (QED) is 0.647. The van der Waals surface area contributed by atoms with Gasteiger partial charge in [-0.05, 0) is 43.8 Å². The molecule has 1 aliphatic heterocycles. The zero-order valence-electron chi connectivity index (χ0n) is 14.2. The van der Waals surface area contributed by atoms with Crippen molar-refractivity contribution in [2.75, 3.05) is 40.3 Å². The van der Waals surface area contributed by atoms with Gasteiger partial charge in [-0.3, -0.25) is 4.99 Å². The van der Waals surface area contributed by atoms with Crippen LogP contribution in [0.2, 0.25) is 0 Å². The minimum atomic E-state index is 0.473. The van der Waals surface area contributed by atoms with Crippen molar-refractivity contribution in [3.63, 3.8) is 0 Å². The molecular formula is C18H30N4. The number of piperidine rings is 1. The number of hydrogen-bond acceptors (Lipinski definition) is 2. The van der Waals surface area contributed by atoms with E-state index in [0.717, 1.165) is 25.0 Å². The Bertz CT molecular complexity index is 457. The fourth-order valence-corrected chi connectivity index (χ4v) is 3.05. The molecule has 4 heteroatoms. The van der Waals surface area contributed by atoms with Crippen molar-refractivity contribution >= 4 is 5.96 Å². The summed E-state index contributed by atoms with van der Waals surface area (Å²) in [6.07, 6.45) is 2.62. The molecule has 2 atom stereocenters. The van der Waals surface area contributed by atoms with Crippen LogP contribution in [0, 0.1) is 5.92 Å². The third-order valence-corrected chi connectivity index (χ3v) is 4.45. The molecule has 1 saturated heterocycles. The number of guanidine groups is 1. The van der Waals surface area contributed by atoms with Crippen LogP contribution in [0.4, 0.5) is 0 Å². The highest BCUT2D eigenvalue weighted by atomic mass is 15.2. The predicted molar refractivity (Wildman–Crippen MR) is 94.4 cm³/mol. The smallest absolute Gasteiger partial charge is 0.191 e. The van der Waals surface area contributed by atoms with Crippen LogP contribution in [0.5, 0.6) is 0 Å². The Labute approximate surface area is 135 Å². The van der Waals surface area contributed by atoms with Crippen molar-refractivity contribution < 1.29 is 0 Å². The van der Waals surface area contributed by atoms with Crippen molar-refractivity contribution in [2.45, 2.75) is 25.7 Å². The van der Waals surface area contributed by atoms with E-state index in [1.807, 2.05) is 7.05 Å². The van der Waals surface area contributed by atoms with Crippen LogP contribution in [0.25, 0.3) is 0 Å². The van der Waals surface area contributed by atoms with Crippen LogP contribution < -0.4 is 10.6 Å². The Morgan fingerprint density at radius 2 is 2.09 bits per heavy atom. The highest BCUT2D eigenvalue weighted by molar-refractivity contribution is 5.79. The summed E-state index contributed by atoms with van der Waals surface area (Å²) in [5.74, 6) is 2.11. The van der Waals surface area contributed by atoms with E-state index < -0.39 is 0 Å². The molecule has 1 fully saturated rings. The maximum Gasteiger partial charge on any atom is 0.191 e. The fraction of sp³-hybridized carbons (Fsp3) is 0.611. The van der Waals surface area contributed by atoms with E-state index in [1.165, 1.54) is 31.5 Å². The van der Waals surface area contributed by atoms with Gasteiger partial charge in [-0.1, -0.05) is 37.3 Å². The highest BCUT2D eigenvalue weighted by Gasteiger charge is 2.17. The summed E-state index contributed by atoms with van der Waals surface area (Å²) in [5, 5.41) is 6.92. The van der Waals surface area contributed by atoms with Gasteiger partial charge in [-0.25, -0.2) is 0 Å². The number of aliphatic imine (C=N–C) groups is 1. The normalized spacial score (nSPS) is 21.4. The first kappa shape index (κ1) is 16.8. The van der Waals surface area contributed by atoms with E-state index in [9.17, 15) is 0 Å². The Morgan fingerprint density at radius 1 is 1.32 bits per heavy atom. The molecule has 122 valence electrons. The van der Waals surface area contributed by atoms with Crippen LogP contribution >= 0.6 is 0 Å². The summed E-state index contributed by atoms with van der Waals surface area (Å²) >= 11 is 0. The molecule has 0 aromatic heterocycles. The minimum absolute atomic E-state index is 0.473. The van der Waals surface area contributed by atoms with Crippen LogP contribution in [0.3, 0.4) is 0 Å². The third kappa shape index (κ3) is 5.34. The van der Waals surface area contributed by atoms with Crippen molar-refractivity contribution in [1.29, 1.82) is 0 Å². The molecule has 0 amide bonds. The topological polar surface area (TPSA) is 39.7 Å². The summed E-state index contributed by atoms with van der Waals surface area (Å²) in [6.45, 7) is 6.56. The van der Waals surface area contributed by atoms with Gasteiger partial charge in [0.2, 0.25) is 0 Å². The molecule has 0 saturated carbocycles. The summed E-state index contributed by atoms with van der Waals surface area (Å²) in [6, 6.07) is 10.6. The zero-order chi connectivity index (χ0) is 15.8. The lowest BCUT2D eigenvalue weighted by atomic mass is 9.98.